The summed E-state index contributed by atoms with van der Waals surface area (Å²) in [5.74, 6) is -1.29. The average molecular weight is 1510 g/mol. The molecule has 0 aromatic heterocycles. The van der Waals surface area contributed by atoms with Crippen LogP contribution in [0.3, 0.4) is 0 Å². The molecule has 5 atom stereocenters. The fourth-order valence-corrected chi connectivity index (χ4v) is 14.7. The third kappa shape index (κ3) is 78.0. The van der Waals surface area contributed by atoms with Gasteiger partial charge >= 0.3 is 39.5 Å². The Labute approximate surface area is 632 Å². The summed E-state index contributed by atoms with van der Waals surface area (Å²) in [5, 5.41) is 10.6. The van der Waals surface area contributed by atoms with Gasteiger partial charge in [0.05, 0.1) is 26.4 Å². The molecule has 612 valence electrons. The van der Waals surface area contributed by atoms with E-state index < -0.39 is 97.5 Å². The molecule has 103 heavy (non-hydrogen) atoms. The highest BCUT2D eigenvalue weighted by atomic mass is 31.2. The molecule has 0 saturated carbocycles. The smallest absolute Gasteiger partial charge is 0.462 e. The lowest BCUT2D eigenvalue weighted by Crippen LogP contribution is -2.30. The van der Waals surface area contributed by atoms with Crippen LogP contribution in [0.25, 0.3) is 0 Å². The standard InChI is InChI=1S/C84H164O17P2/c1-6-9-12-15-18-20-22-24-26-28-29-33-37-40-44-48-53-58-63-68-82(87)95-74-80(101-84(89)70-65-60-55-50-46-42-38-34-31-30-32-35-39-43-47-52-56-61-66-77(4)5)76-99-103(92,93)97-72-78(85)71-96-102(90,91)98-75-79(73-94-81(86)67-62-57-51-17-14-11-8-3)100-83(88)69-64-59-54-49-45-41-36-27-25-23-21-19-16-13-10-7-2/h77-80,85H,6-76H2,1-5H3,(H,90,91)(H,92,93)/t78-,79+,80+/m0/s1. The van der Waals surface area contributed by atoms with E-state index in [-0.39, 0.29) is 25.7 Å². The Morgan fingerprint density at radius 3 is 0.660 bits per heavy atom. The Hall–Kier alpha value is -1.94. The maximum absolute atomic E-state index is 13.1. The van der Waals surface area contributed by atoms with Crippen LogP contribution in [0.1, 0.15) is 452 Å². The minimum atomic E-state index is -4.96. The van der Waals surface area contributed by atoms with Crippen LogP contribution >= 0.6 is 15.6 Å². The van der Waals surface area contributed by atoms with Crippen molar-refractivity contribution < 1.29 is 80.2 Å². The first-order valence-electron chi connectivity index (χ1n) is 43.6. The maximum Gasteiger partial charge on any atom is 0.472 e. The van der Waals surface area contributed by atoms with Gasteiger partial charge in [-0.1, -0.05) is 401 Å². The molecule has 0 fully saturated rings. The monoisotopic (exact) mass is 1510 g/mol. The molecule has 0 radical (unpaired) electrons. The Bertz CT molecular complexity index is 1960. The fourth-order valence-electron chi connectivity index (χ4n) is 13.1. The lowest BCUT2D eigenvalue weighted by Gasteiger charge is -2.21. The lowest BCUT2D eigenvalue weighted by molar-refractivity contribution is -0.161. The van der Waals surface area contributed by atoms with Gasteiger partial charge in [-0.05, 0) is 31.6 Å². The van der Waals surface area contributed by atoms with Gasteiger partial charge in [0.1, 0.15) is 19.3 Å². The second-order valence-electron chi connectivity index (χ2n) is 30.7. The molecular formula is C84H164O17P2. The largest absolute Gasteiger partial charge is 0.472 e. The second kappa shape index (κ2) is 76.8. The van der Waals surface area contributed by atoms with Crippen LogP contribution < -0.4 is 0 Å². The summed E-state index contributed by atoms with van der Waals surface area (Å²) in [6.45, 7) is 7.35. The number of hydrogen-bond donors (Lipinski definition) is 3. The normalized spacial score (nSPS) is 13.8. The minimum absolute atomic E-state index is 0.108. The fraction of sp³-hybridized carbons (Fsp3) is 0.952. The van der Waals surface area contributed by atoms with Gasteiger partial charge in [0.2, 0.25) is 0 Å². The van der Waals surface area contributed by atoms with Crippen LogP contribution in [0.4, 0.5) is 0 Å². The van der Waals surface area contributed by atoms with Gasteiger partial charge < -0.3 is 33.8 Å². The van der Waals surface area contributed by atoms with Crippen molar-refractivity contribution >= 4 is 39.5 Å². The summed E-state index contributed by atoms with van der Waals surface area (Å²) in [4.78, 5) is 73.0. The van der Waals surface area contributed by atoms with Crippen LogP contribution in [0, 0.1) is 5.92 Å². The van der Waals surface area contributed by atoms with Crippen molar-refractivity contribution in [3.8, 4) is 0 Å². The second-order valence-corrected chi connectivity index (χ2v) is 33.6. The Balaban J connectivity index is 5.16. The zero-order valence-electron chi connectivity index (χ0n) is 67.5. The topological polar surface area (TPSA) is 237 Å². The molecule has 0 aromatic carbocycles. The Morgan fingerprint density at radius 2 is 0.447 bits per heavy atom. The van der Waals surface area contributed by atoms with Crippen LogP contribution in [0.5, 0.6) is 0 Å². The maximum atomic E-state index is 13.1. The zero-order chi connectivity index (χ0) is 75.5. The predicted molar refractivity (Wildman–Crippen MR) is 423 cm³/mol. The zero-order valence-corrected chi connectivity index (χ0v) is 69.3. The molecule has 0 saturated heterocycles. The molecule has 0 rings (SSSR count). The van der Waals surface area contributed by atoms with Crippen molar-refractivity contribution in [1.29, 1.82) is 0 Å². The van der Waals surface area contributed by atoms with E-state index >= 15 is 0 Å². The third-order valence-electron chi connectivity index (χ3n) is 19.8. The number of esters is 4. The molecule has 2 unspecified atom stereocenters. The lowest BCUT2D eigenvalue weighted by atomic mass is 10.0. The third-order valence-corrected chi connectivity index (χ3v) is 21.7. The molecule has 19 heteroatoms. The van der Waals surface area contributed by atoms with Crippen molar-refractivity contribution in [3.63, 3.8) is 0 Å². The number of carbonyl (C=O) groups is 4. The summed E-state index contributed by atoms with van der Waals surface area (Å²) >= 11 is 0. The van der Waals surface area contributed by atoms with E-state index in [1.807, 2.05) is 0 Å². The summed E-state index contributed by atoms with van der Waals surface area (Å²) in [5.41, 5.74) is 0. The SMILES string of the molecule is CCCCCCCCCCCCCCCCCCCCCC(=O)OC[C@H](COP(=O)(O)OC[C@@H](O)COP(=O)(O)OC[C@@H](COC(=O)CCCCCCCCC)OC(=O)CCCCCCCCCCCCCCCCCC)OC(=O)CCCCCCCCCCCCCCCCCCCCC(C)C. The van der Waals surface area contributed by atoms with Crippen molar-refractivity contribution in [2.45, 2.75) is 470 Å². The van der Waals surface area contributed by atoms with Crippen LogP contribution in [0.15, 0.2) is 0 Å². The number of phosphoric acid groups is 2. The molecule has 0 heterocycles. The molecule has 0 aromatic rings. The van der Waals surface area contributed by atoms with Gasteiger partial charge in [-0.3, -0.25) is 37.3 Å². The van der Waals surface area contributed by atoms with Crippen molar-refractivity contribution in [2.75, 3.05) is 39.6 Å². The number of rotatable bonds is 84. The minimum Gasteiger partial charge on any atom is -0.462 e. The van der Waals surface area contributed by atoms with Crippen molar-refractivity contribution in [2.24, 2.45) is 5.92 Å². The summed E-state index contributed by atoms with van der Waals surface area (Å²) in [7, 11) is -9.92. The van der Waals surface area contributed by atoms with Crippen molar-refractivity contribution in [3.05, 3.63) is 0 Å². The van der Waals surface area contributed by atoms with Gasteiger partial charge in [-0.2, -0.15) is 0 Å². The molecule has 3 N–H and O–H groups in total. The van der Waals surface area contributed by atoms with E-state index in [0.717, 1.165) is 109 Å². The first kappa shape index (κ1) is 101. The van der Waals surface area contributed by atoms with Crippen LogP contribution in [-0.2, 0) is 65.4 Å². The number of ether oxygens (including phenoxy) is 4. The van der Waals surface area contributed by atoms with E-state index in [1.54, 1.807) is 0 Å². The molecule has 0 bridgehead atoms. The molecule has 0 aliphatic rings. The predicted octanol–water partition coefficient (Wildman–Crippen LogP) is 25.6. The van der Waals surface area contributed by atoms with Crippen LogP contribution in [0.2, 0.25) is 0 Å². The van der Waals surface area contributed by atoms with E-state index in [0.29, 0.717) is 25.7 Å². The summed E-state index contributed by atoms with van der Waals surface area (Å²) in [6.07, 6.45) is 69.6. The highest BCUT2D eigenvalue weighted by molar-refractivity contribution is 7.47. The van der Waals surface area contributed by atoms with Gasteiger partial charge in [0.15, 0.2) is 12.2 Å². The van der Waals surface area contributed by atoms with E-state index in [2.05, 4.69) is 34.6 Å². The van der Waals surface area contributed by atoms with Crippen molar-refractivity contribution in [1.82, 2.24) is 0 Å². The van der Waals surface area contributed by atoms with E-state index in [4.69, 9.17) is 37.0 Å². The Morgan fingerprint density at radius 1 is 0.262 bits per heavy atom. The van der Waals surface area contributed by atoms with E-state index in [1.165, 1.54) is 263 Å². The van der Waals surface area contributed by atoms with Gasteiger partial charge in [-0.15, -0.1) is 0 Å². The first-order chi connectivity index (χ1) is 50.0. The first-order valence-corrected chi connectivity index (χ1v) is 46.6. The Kier molecular flexibility index (Phi) is 75.4. The quantitative estimate of drug-likeness (QED) is 0.0222. The average Bonchev–Trinajstić information content (AvgIpc) is 0.936. The number of phosphoric ester groups is 2. The summed E-state index contributed by atoms with van der Waals surface area (Å²) in [6, 6.07) is 0. The number of aliphatic hydroxyl groups excluding tert-OH is 1. The highest BCUT2D eigenvalue weighted by Gasteiger charge is 2.30. The molecule has 0 amide bonds. The number of carbonyl (C=O) groups excluding carboxylic acids is 4. The van der Waals surface area contributed by atoms with Crippen LogP contribution in [-0.4, -0.2) is 96.7 Å². The van der Waals surface area contributed by atoms with Gasteiger partial charge in [-0.25, -0.2) is 9.13 Å². The highest BCUT2D eigenvalue weighted by Crippen LogP contribution is 2.45. The number of aliphatic hydroxyl groups is 1. The molecule has 0 aliphatic heterocycles. The molecule has 0 aliphatic carbocycles. The van der Waals surface area contributed by atoms with E-state index in [9.17, 15) is 43.2 Å². The number of hydrogen-bond acceptors (Lipinski definition) is 15. The molecule has 0 spiro atoms. The van der Waals surface area contributed by atoms with Gasteiger partial charge in [0, 0.05) is 25.7 Å². The number of unbranched alkanes of at least 4 members (excludes halogenated alkanes) is 56. The molecular weight excluding hydrogens is 1340 g/mol. The summed E-state index contributed by atoms with van der Waals surface area (Å²) < 4.78 is 68.7. The molecule has 17 nitrogen and oxygen atoms in total. The van der Waals surface area contributed by atoms with Gasteiger partial charge in [0.25, 0.3) is 0 Å².